The maximum atomic E-state index is 2.24. The molecule has 0 amide bonds. The van der Waals surface area contributed by atoms with Crippen LogP contribution in [0.5, 0.6) is 0 Å². The Balaban J connectivity index is 0.000000853. The van der Waals surface area contributed by atoms with E-state index in [1.165, 1.54) is 44.7 Å². The van der Waals surface area contributed by atoms with Crippen LogP contribution >= 0.6 is 0 Å². The molecule has 3 rings (SSSR count). The van der Waals surface area contributed by atoms with E-state index in [2.05, 4.69) is 42.5 Å². The van der Waals surface area contributed by atoms with E-state index >= 15 is 0 Å². The van der Waals surface area contributed by atoms with Gasteiger partial charge in [0.2, 0.25) is 0 Å². The number of rotatable bonds is 0. The van der Waals surface area contributed by atoms with Gasteiger partial charge in [0, 0.05) is 0 Å². The first-order valence-electron chi connectivity index (χ1n) is 4.78. The van der Waals surface area contributed by atoms with Crippen LogP contribution in [0.3, 0.4) is 0 Å². The Morgan fingerprint density at radius 3 is 2.18 bits per heavy atom. The maximum absolute atomic E-state index is 2.24. The molecule has 0 bridgehead atoms. The molecule has 1 aliphatic carbocycles. The number of fused-ring (bicyclic) bond motifs is 3. The molecule has 0 saturated heterocycles. The third-order valence-corrected chi connectivity index (χ3v) is 4.00. The first-order chi connectivity index (χ1) is 6.86. The van der Waals surface area contributed by atoms with E-state index in [9.17, 15) is 0 Å². The molecule has 0 nitrogen and oxygen atoms in total. The summed E-state index contributed by atoms with van der Waals surface area (Å²) in [6.45, 7) is 0. The topological polar surface area (TPSA) is 0 Å². The van der Waals surface area contributed by atoms with E-state index < -0.39 is 0 Å². The van der Waals surface area contributed by atoms with E-state index in [4.69, 9.17) is 0 Å². The standard InChI is InChI=1S/C13H9.3BrH.Zr/c1-3-7-12-10(5-1)9-11-6-2-4-8-13(11)12;;;;/h1-5,7-8H,9H2;3*1H;/q;;;;+3/p-3. The average Bonchev–Trinajstić information content (AvgIpc) is 2.59. The summed E-state index contributed by atoms with van der Waals surface area (Å²) in [5, 5.41) is 0. The van der Waals surface area contributed by atoms with Crippen molar-refractivity contribution in [2.75, 3.05) is 0 Å². The molecule has 0 unspecified atom stereocenters. The van der Waals surface area contributed by atoms with Gasteiger partial charge in [0.25, 0.3) is 0 Å². The van der Waals surface area contributed by atoms with Crippen molar-refractivity contribution in [1.29, 1.82) is 0 Å². The molecule has 0 spiro atoms. The van der Waals surface area contributed by atoms with Gasteiger partial charge in [0.05, 0.1) is 0 Å². The normalized spacial score (nSPS) is 10.2. The summed E-state index contributed by atoms with van der Waals surface area (Å²) in [4.78, 5) is 0. The zero-order chi connectivity index (χ0) is 9.54. The molecule has 0 saturated carbocycles. The fraction of sp³-hybridized carbons (Fsp3) is 0.0769. The van der Waals surface area contributed by atoms with Gasteiger partial charge in [-0.1, -0.05) is 0 Å². The van der Waals surface area contributed by atoms with Crippen LogP contribution in [0.25, 0.3) is 11.1 Å². The van der Waals surface area contributed by atoms with Gasteiger partial charge < -0.3 is 50.9 Å². The van der Waals surface area contributed by atoms with Crippen molar-refractivity contribution in [1.82, 2.24) is 0 Å². The van der Waals surface area contributed by atoms with Gasteiger partial charge in [0.15, 0.2) is 0 Å². The molecule has 17 heavy (non-hydrogen) atoms. The Bertz CT molecular complexity index is 512. The van der Waals surface area contributed by atoms with Gasteiger partial charge in [-0.25, -0.2) is 0 Å². The molecular weight excluding hydrogens is 487 g/mol. The minimum absolute atomic E-state index is 0. The van der Waals surface area contributed by atoms with E-state index in [-0.39, 0.29) is 50.9 Å². The van der Waals surface area contributed by atoms with Crippen molar-refractivity contribution in [2.45, 2.75) is 6.42 Å². The Morgan fingerprint density at radius 2 is 1.41 bits per heavy atom. The molecule has 0 radical (unpaired) electrons. The number of halogens is 3. The van der Waals surface area contributed by atoms with Crippen molar-refractivity contribution in [3.63, 3.8) is 0 Å². The Labute approximate surface area is 148 Å². The molecule has 86 valence electrons. The molecular formula is C13H9Br3Zr. The second-order valence-electron chi connectivity index (χ2n) is 3.67. The Morgan fingerprint density at radius 1 is 0.765 bits per heavy atom. The molecule has 0 atom stereocenters. The van der Waals surface area contributed by atoms with Gasteiger partial charge in [-0.3, -0.25) is 0 Å². The molecule has 0 N–H and O–H groups in total. The molecule has 2 aromatic rings. The second kappa shape index (κ2) is 7.38. The average molecular weight is 496 g/mol. The zero-order valence-corrected chi connectivity index (χ0v) is 16.1. The van der Waals surface area contributed by atoms with Gasteiger partial charge in [-0.05, 0) is 0 Å². The SMILES string of the molecule is [Br-].[Br-].[Br-].[Zr+3][c]1cccc2c1Cc1ccccc1-2. The van der Waals surface area contributed by atoms with Gasteiger partial charge >= 0.3 is 99.1 Å². The van der Waals surface area contributed by atoms with E-state index in [0.717, 1.165) is 6.42 Å². The van der Waals surface area contributed by atoms with Crippen LogP contribution in [0.1, 0.15) is 11.1 Å². The Kier molecular flexibility index (Phi) is 7.71. The van der Waals surface area contributed by atoms with Crippen molar-refractivity contribution in [3.8, 4) is 11.1 Å². The predicted octanol–water partition coefficient (Wildman–Crippen LogP) is -6.56. The molecule has 0 aromatic heterocycles. The van der Waals surface area contributed by atoms with Crippen LogP contribution in [0.15, 0.2) is 42.5 Å². The monoisotopic (exact) mass is 492 g/mol. The first kappa shape index (κ1) is 17.8. The molecule has 1 aliphatic rings. The third-order valence-electron chi connectivity index (χ3n) is 2.85. The summed E-state index contributed by atoms with van der Waals surface area (Å²) >= 11 is 1.52. The van der Waals surface area contributed by atoms with Crippen LogP contribution in [0, 0.1) is 0 Å². The molecule has 0 fully saturated rings. The van der Waals surface area contributed by atoms with Gasteiger partial charge in [-0.2, -0.15) is 0 Å². The minimum atomic E-state index is 0. The fourth-order valence-electron chi connectivity index (χ4n) is 2.16. The fourth-order valence-corrected chi connectivity index (χ4v) is 2.94. The van der Waals surface area contributed by atoms with E-state index in [1.807, 2.05) is 0 Å². The quantitative estimate of drug-likeness (QED) is 0.291. The Hall–Kier alpha value is 0.763. The molecule has 0 heterocycles. The molecule has 0 aliphatic heterocycles. The van der Waals surface area contributed by atoms with Gasteiger partial charge in [0.1, 0.15) is 0 Å². The third kappa shape index (κ3) is 3.20. The van der Waals surface area contributed by atoms with Crippen molar-refractivity contribution < 1.29 is 75.7 Å². The summed E-state index contributed by atoms with van der Waals surface area (Å²) in [5.74, 6) is 0. The van der Waals surface area contributed by atoms with E-state index in [1.54, 1.807) is 5.56 Å². The van der Waals surface area contributed by atoms with Gasteiger partial charge in [-0.15, -0.1) is 0 Å². The van der Waals surface area contributed by atoms with Crippen LogP contribution in [0.2, 0.25) is 0 Å². The number of benzene rings is 2. The first-order valence-corrected chi connectivity index (χ1v) is 6.01. The van der Waals surface area contributed by atoms with Crippen molar-refractivity contribution in [3.05, 3.63) is 53.6 Å². The van der Waals surface area contributed by atoms with E-state index in [0.29, 0.717) is 0 Å². The van der Waals surface area contributed by atoms with Crippen molar-refractivity contribution >= 4 is 3.27 Å². The summed E-state index contributed by atoms with van der Waals surface area (Å²) in [7, 11) is 0. The van der Waals surface area contributed by atoms with Crippen LogP contribution in [-0.4, -0.2) is 0 Å². The number of hydrogen-bond donors (Lipinski definition) is 0. The van der Waals surface area contributed by atoms with Crippen LogP contribution < -0.4 is 54.2 Å². The second-order valence-corrected chi connectivity index (χ2v) is 4.99. The summed E-state index contributed by atoms with van der Waals surface area (Å²) in [5.41, 5.74) is 5.92. The summed E-state index contributed by atoms with van der Waals surface area (Å²) in [6.07, 6.45) is 1.13. The van der Waals surface area contributed by atoms with Crippen LogP contribution in [0.4, 0.5) is 0 Å². The number of hydrogen-bond acceptors (Lipinski definition) is 0. The predicted molar refractivity (Wildman–Crippen MR) is 54.3 cm³/mol. The zero-order valence-electron chi connectivity index (χ0n) is 8.88. The summed E-state index contributed by atoms with van der Waals surface area (Å²) < 4.78 is 1.51. The molecule has 2 aromatic carbocycles. The van der Waals surface area contributed by atoms with Crippen LogP contribution in [-0.2, 0) is 31.1 Å². The molecule has 4 heteroatoms. The summed E-state index contributed by atoms with van der Waals surface area (Å²) in [6, 6.07) is 15.4. The van der Waals surface area contributed by atoms with Crippen molar-refractivity contribution in [2.24, 2.45) is 0 Å².